The summed E-state index contributed by atoms with van der Waals surface area (Å²) in [6, 6.07) is 13.8. The van der Waals surface area contributed by atoms with Gasteiger partial charge in [-0.3, -0.25) is 4.98 Å². The minimum absolute atomic E-state index is 0.00386. The maximum Gasteiger partial charge on any atom is 0.297 e. The van der Waals surface area contributed by atoms with Crippen LogP contribution in [-0.4, -0.2) is 9.38 Å². The molecule has 3 nitrogen and oxygen atoms in total. The van der Waals surface area contributed by atoms with E-state index in [0.717, 1.165) is 12.8 Å². The molecule has 0 aliphatic carbocycles. The Morgan fingerprint density at radius 1 is 0.909 bits per heavy atom. The maximum absolute atomic E-state index is 5.49. The zero-order valence-corrected chi connectivity index (χ0v) is 22.2. The van der Waals surface area contributed by atoms with Gasteiger partial charge in [-0.2, -0.15) is 4.40 Å². The van der Waals surface area contributed by atoms with E-state index in [1.54, 1.807) is 0 Å². The van der Waals surface area contributed by atoms with Crippen molar-refractivity contribution in [2.45, 2.75) is 104 Å². The van der Waals surface area contributed by atoms with Crippen molar-refractivity contribution < 1.29 is 4.57 Å². The fraction of sp³-hybridized carbons (Fsp3) is 0.533. The van der Waals surface area contributed by atoms with E-state index in [9.17, 15) is 0 Å². The maximum atomic E-state index is 5.49. The Kier molecular flexibility index (Phi) is 4.46. The highest BCUT2D eigenvalue weighted by Crippen LogP contribution is 2.50. The molecule has 1 aliphatic rings. The lowest BCUT2D eigenvalue weighted by Gasteiger charge is -2.46. The third-order valence-electron chi connectivity index (χ3n) is 8.73. The number of fused-ring (bicyclic) bond motifs is 3. The molecule has 2 atom stereocenters. The lowest BCUT2D eigenvalue weighted by atomic mass is 9.63. The number of hydrogen-bond acceptors (Lipinski definition) is 1. The van der Waals surface area contributed by atoms with Crippen molar-refractivity contribution in [3.63, 3.8) is 0 Å². The second-order valence-electron chi connectivity index (χ2n) is 12.6. The summed E-state index contributed by atoms with van der Waals surface area (Å²) in [4.78, 5) is 5.49. The topological polar surface area (TPSA) is 21.2 Å². The summed E-state index contributed by atoms with van der Waals surface area (Å²) >= 11 is 0. The van der Waals surface area contributed by atoms with E-state index in [1.807, 2.05) is 0 Å². The molecular formula is C30H40N3+. The molecule has 0 fully saturated rings. The predicted molar refractivity (Wildman–Crippen MR) is 139 cm³/mol. The molecule has 0 radical (unpaired) electrons. The van der Waals surface area contributed by atoms with Gasteiger partial charge in [0.2, 0.25) is 0 Å². The second-order valence-corrected chi connectivity index (χ2v) is 12.6. The van der Waals surface area contributed by atoms with Crippen LogP contribution in [0.15, 0.2) is 36.4 Å². The number of benzene rings is 1. The van der Waals surface area contributed by atoms with Crippen LogP contribution >= 0.6 is 0 Å². The number of para-hydroxylation sites is 2. The summed E-state index contributed by atoms with van der Waals surface area (Å²) in [5, 5.41) is 2.67. The van der Waals surface area contributed by atoms with E-state index in [1.165, 1.54) is 44.5 Å². The first-order valence-electron chi connectivity index (χ1n) is 12.6. The first-order chi connectivity index (χ1) is 15.3. The number of pyridine rings is 2. The molecule has 33 heavy (non-hydrogen) atoms. The third kappa shape index (κ3) is 2.68. The summed E-state index contributed by atoms with van der Waals surface area (Å²) in [6.45, 7) is 23.5. The molecule has 0 amide bonds. The number of rotatable bonds is 2. The Morgan fingerprint density at radius 2 is 1.58 bits per heavy atom. The van der Waals surface area contributed by atoms with Crippen molar-refractivity contribution in [2.24, 2.45) is 0 Å². The Bertz CT molecular complexity index is 1430. The van der Waals surface area contributed by atoms with Crippen molar-refractivity contribution in [3.05, 3.63) is 53.5 Å². The van der Waals surface area contributed by atoms with Gasteiger partial charge >= 0.3 is 0 Å². The van der Waals surface area contributed by atoms with Crippen molar-refractivity contribution in [1.82, 2.24) is 9.38 Å². The number of hydrogen-bond donors (Lipinski definition) is 0. The second kappa shape index (κ2) is 6.58. The van der Waals surface area contributed by atoms with Crippen molar-refractivity contribution >= 4 is 27.5 Å². The van der Waals surface area contributed by atoms with Crippen LogP contribution in [0.4, 0.5) is 0 Å². The van der Waals surface area contributed by atoms with Gasteiger partial charge in [-0.15, -0.1) is 0 Å². The standard InChI is InChI=1S/C30H40N3/c1-11-29(9)25-24-19(17-22(31-25)27(3,4)5)18-23(28(6,7)8)32-20-15-13-14-16-21(20)33(26(24)32)30(29,10)12-2/h13-18H,11-12H2,1-10H3/q+1. The SMILES string of the molecule is CCC1(C)c2nc(C(C)(C)C)cc3cc(C(C)(C)C)n4c5ccccc5[n+](c4c23)C1(C)CC. The lowest BCUT2D eigenvalue weighted by molar-refractivity contribution is -0.729. The molecule has 5 rings (SSSR count). The van der Waals surface area contributed by atoms with Gasteiger partial charge in [-0.1, -0.05) is 67.5 Å². The number of imidazole rings is 1. The summed E-state index contributed by atoms with van der Waals surface area (Å²) in [6.07, 6.45) is 2.10. The van der Waals surface area contributed by atoms with Crippen LogP contribution in [0.5, 0.6) is 0 Å². The van der Waals surface area contributed by atoms with Crippen LogP contribution in [0.2, 0.25) is 0 Å². The Balaban J connectivity index is 2.18. The van der Waals surface area contributed by atoms with Gasteiger partial charge in [-0.05, 0) is 56.3 Å². The molecule has 4 heterocycles. The normalized spacial score (nSPS) is 23.3. The molecule has 1 aromatic carbocycles. The molecule has 3 heteroatoms. The quantitative estimate of drug-likeness (QED) is 0.298. The van der Waals surface area contributed by atoms with Crippen molar-refractivity contribution in [1.29, 1.82) is 0 Å². The molecule has 174 valence electrons. The van der Waals surface area contributed by atoms with Crippen LogP contribution in [-0.2, 0) is 21.8 Å². The molecule has 1 aliphatic heterocycles. The largest absolute Gasteiger partial charge is 0.297 e. The highest BCUT2D eigenvalue weighted by Gasteiger charge is 2.56. The Hall–Kier alpha value is -2.42. The van der Waals surface area contributed by atoms with Gasteiger partial charge in [0.15, 0.2) is 11.0 Å². The van der Waals surface area contributed by atoms with Crippen molar-refractivity contribution in [3.8, 4) is 0 Å². The molecular weight excluding hydrogens is 402 g/mol. The summed E-state index contributed by atoms with van der Waals surface area (Å²) < 4.78 is 5.22. The molecule has 0 spiro atoms. The lowest BCUT2D eigenvalue weighted by Crippen LogP contribution is -2.66. The molecule has 0 bridgehead atoms. The fourth-order valence-electron chi connectivity index (χ4n) is 6.20. The van der Waals surface area contributed by atoms with Crippen LogP contribution < -0.4 is 4.57 Å². The highest BCUT2D eigenvalue weighted by molar-refractivity contribution is 5.99. The smallest absolute Gasteiger partial charge is 0.256 e. The molecule has 0 saturated carbocycles. The van der Waals surface area contributed by atoms with Crippen molar-refractivity contribution in [2.75, 3.05) is 0 Å². The summed E-state index contributed by atoms with van der Waals surface area (Å²) in [5.74, 6) is 0. The van der Waals surface area contributed by atoms with E-state index >= 15 is 0 Å². The zero-order valence-electron chi connectivity index (χ0n) is 22.2. The number of aromatic nitrogens is 3. The molecule has 0 saturated heterocycles. The fourth-order valence-corrected chi connectivity index (χ4v) is 6.20. The zero-order chi connectivity index (χ0) is 24.1. The first-order valence-corrected chi connectivity index (χ1v) is 12.6. The van der Waals surface area contributed by atoms with Gasteiger partial charge < -0.3 is 0 Å². The minimum atomic E-state index is -0.0873. The van der Waals surface area contributed by atoms with E-state index in [2.05, 4.69) is 115 Å². The average molecular weight is 443 g/mol. The van der Waals surface area contributed by atoms with Crippen LogP contribution in [0.1, 0.15) is 99.2 Å². The molecule has 0 N–H and O–H groups in total. The third-order valence-corrected chi connectivity index (χ3v) is 8.73. The molecule has 4 aromatic rings. The minimum Gasteiger partial charge on any atom is -0.256 e. The van der Waals surface area contributed by atoms with Crippen LogP contribution in [0, 0.1) is 0 Å². The van der Waals surface area contributed by atoms with E-state index < -0.39 is 0 Å². The molecule has 2 unspecified atom stereocenters. The van der Waals surface area contributed by atoms with E-state index in [-0.39, 0.29) is 21.8 Å². The van der Waals surface area contributed by atoms with Crippen LogP contribution in [0.3, 0.4) is 0 Å². The highest BCUT2D eigenvalue weighted by atomic mass is 15.2. The van der Waals surface area contributed by atoms with Gasteiger partial charge in [0.1, 0.15) is 11.2 Å². The Morgan fingerprint density at radius 3 is 2.15 bits per heavy atom. The van der Waals surface area contributed by atoms with Gasteiger partial charge in [0, 0.05) is 16.5 Å². The van der Waals surface area contributed by atoms with E-state index in [0.29, 0.717) is 0 Å². The molecule has 3 aromatic heterocycles. The Labute approximate surface area is 198 Å². The van der Waals surface area contributed by atoms with Crippen LogP contribution in [0.25, 0.3) is 27.5 Å². The first kappa shape index (κ1) is 22.4. The van der Waals surface area contributed by atoms with Gasteiger partial charge in [-0.25, -0.2) is 4.57 Å². The monoisotopic (exact) mass is 442 g/mol. The van der Waals surface area contributed by atoms with Gasteiger partial charge in [0.05, 0.1) is 16.5 Å². The van der Waals surface area contributed by atoms with Gasteiger partial charge in [0.25, 0.3) is 5.65 Å². The number of nitrogens with zero attached hydrogens (tertiary/aromatic N) is 3. The predicted octanol–water partition coefficient (Wildman–Crippen LogP) is 7.33. The van der Waals surface area contributed by atoms with E-state index in [4.69, 9.17) is 4.98 Å². The average Bonchev–Trinajstić information content (AvgIpc) is 3.10. The summed E-state index contributed by atoms with van der Waals surface area (Å²) in [7, 11) is 0. The summed E-state index contributed by atoms with van der Waals surface area (Å²) in [5.41, 5.74) is 7.61.